The van der Waals surface area contributed by atoms with Gasteiger partial charge in [0, 0.05) is 0 Å². The summed E-state index contributed by atoms with van der Waals surface area (Å²) < 4.78 is 43.1. The van der Waals surface area contributed by atoms with Gasteiger partial charge in [0.1, 0.15) is 0 Å². The van der Waals surface area contributed by atoms with Gasteiger partial charge in [-0.25, -0.2) is 18.6 Å². The van der Waals surface area contributed by atoms with Crippen molar-refractivity contribution in [1.29, 1.82) is 0 Å². The molecule has 2 rings (SSSR count). The molecule has 0 spiro atoms. The zero-order valence-electron chi connectivity index (χ0n) is 23.9. The third-order valence-corrected chi connectivity index (χ3v) is 9.23. The van der Waals surface area contributed by atoms with Gasteiger partial charge in [-0.15, -0.1) is 10.2 Å². The largest absolute Gasteiger partial charge is 0.222 e. The summed E-state index contributed by atoms with van der Waals surface area (Å²) >= 11 is 0.416. The summed E-state index contributed by atoms with van der Waals surface area (Å²) in [7, 11) is -4.94. The van der Waals surface area contributed by atoms with Crippen LogP contribution in [-0.4, -0.2) is 15.0 Å². The monoisotopic (exact) mass is 586 g/mol. The molecule has 0 atom stereocenters. The summed E-state index contributed by atoms with van der Waals surface area (Å²) in [5, 5.41) is 0. The zero-order valence-corrected chi connectivity index (χ0v) is 26.3. The van der Waals surface area contributed by atoms with Crippen LogP contribution in [-0.2, 0) is 10.8 Å². The molecule has 36 heavy (non-hydrogen) atoms. The molecule has 0 N–H and O–H groups in total. The topological polar surface area (TPSA) is 104 Å². The first-order valence-electron chi connectivity index (χ1n) is 12.0. The molecular formula is C29H43ClO5Se. The average molecular weight is 586 g/mol. The standard InChI is InChI=1S/C29H43OSe.ClHO4/c1-26(2,3)22-18-20(19-23(31-22)27(4,5)6)14-13-15-21-16-17-30-25(29(10,11)12)24(21)28(7,8)9;2-1(3,4)5/h13-19H,1-12H3;(H,2,3,4,5)/q+1;/p-1. The van der Waals surface area contributed by atoms with E-state index in [2.05, 4.69) is 120 Å². The van der Waals surface area contributed by atoms with E-state index in [1.54, 1.807) is 8.94 Å². The van der Waals surface area contributed by atoms with E-state index in [9.17, 15) is 0 Å². The van der Waals surface area contributed by atoms with E-state index in [-0.39, 0.29) is 21.7 Å². The molecule has 0 amide bonds. The van der Waals surface area contributed by atoms with Gasteiger partial charge >= 0.3 is 198 Å². The fourth-order valence-corrected chi connectivity index (χ4v) is 6.13. The average Bonchev–Trinajstić information content (AvgIpc) is 2.63. The fourth-order valence-electron chi connectivity index (χ4n) is 3.53. The van der Waals surface area contributed by atoms with Crippen LogP contribution in [0.1, 0.15) is 100.0 Å². The SMILES string of the molecule is CC(C)(C)C1=CC(=CC=Cc2cc[o+]c(C(C)(C)C)c2C(C)(C)C)C=C(C(C)(C)C)[Se]1.[O-][Cl+3]([O-])([O-])[O-]. The van der Waals surface area contributed by atoms with E-state index in [0.717, 1.165) is 5.76 Å². The van der Waals surface area contributed by atoms with Crippen LogP contribution < -0.4 is 18.6 Å². The third kappa shape index (κ3) is 11.0. The molecule has 0 aliphatic carbocycles. The Labute approximate surface area is 226 Å². The smallest absolute Gasteiger partial charge is 0.112 e. The first-order chi connectivity index (χ1) is 15.9. The second-order valence-electron chi connectivity index (χ2n) is 13.1. The molecule has 0 radical (unpaired) electrons. The Bertz CT molecular complexity index is 994. The molecule has 0 aromatic carbocycles. The summed E-state index contributed by atoms with van der Waals surface area (Å²) in [6.07, 6.45) is 13.4. The molecule has 0 saturated heterocycles. The Morgan fingerprint density at radius 2 is 1.17 bits per heavy atom. The first-order valence-corrected chi connectivity index (χ1v) is 14.9. The molecule has 202 valence electrons. The van der Waals surface area contributed by atoms with Crippen LogP contribution in [0.25, 0.3) is 6.08 Å². The maximum absolute atomic E-state index is 8.49. The number of allylic oxidation sites excluding steroid dienone is 7. The molecule has 0 unspecified atom stereocenters. The predicted octanol–water partition coefficient (Wildman–Crippen LogP) is 3.92. The Balaban J connectivity index is 0.00000118. The van der Waals surface area contributed by atoms with Crippen molar-refractivity contribution >= 4 is 21.0 Å². The Kier molecular flexibility index (Phi) is 10.6. The summed E-state index contributed by atoms with van der Waals surface area (Å²) in [6.45, 7) is 27.4. The van der Waals surface area contributed by atoms with Crippen LogP contribution in [0.5, 0.6) is 0 Å². The molecule has 1 aromatic heterocycles. The summed E-state index contributed by atoms with van der Waals surface area (Å²) in [5.74, 6) is 1.07. The molecule has 1 aromatic rings. The van der Waals surface area contributed by atoms with Crippen molar-refractivity contribution in [3.8, 4) is 0 Å². The second kappa shape index (κ2) is 11.7. The van der Waals surface area contributed by atoms with E-state index in [1.807, 2.05) is 6.26 Å². The van der Waals surface area contributed by atoms with Crippen LogP contribution in [0.15, 0.2) is 55.6 Å². The predicted molar refractivity (Wildman–Crippen MR) is 138 cm³/mol. The zero-order chi connectivity index (χ0) is 28.3. The molecule has 0 saturated carbocycles. The van der Waals surface area contributed by atoms with Crippen molar-refractivity contribution in [1.82, 2.24) is 0 Å². The van der Waals surface area contributed by atoms with Gasteiger partial charge < -0.3 is 0 Å². The Hall–Kier alpha value is -1.24. The van der Waals surface area contributed by atoms with E-state index in [0.29, 0.717) is 15.0 Å². The van der Waals surface area contributed by atoms with Gasteiger partial charge in [-0.2, -0.15) is 0 Å². The number of hydrogen-bond acceptors (Lipinski definition) is 4. The van der Waals surface area contributed by atoms with Gasteiger partial charge in [-0.1, -0.05) is 0 Å². The second-order valence-corrected chi connectivity index (χ2v) is 16.1. The van der Waals surface area contributed by atoms with Crippen LogP contribution in [0, 0.1) is 21.1 Å². The third-order valence-electron chi connectivity index (χ3n) is 5.24. The minimum Gasteiger partial charge on any atom is -0.222 e. The molecular weight excluding hydrogens is 543 g/mol. The minimum absolute atomic E-state index is 0.00611. The Morgan fingerprint density at radius 3 is 1.53 bits per heavy atom. The summed E-state index contributed by atoms with van der Waals surface area (Å²) in [4.78, 5) is 0. The van der Waals surface area contributed by atoms with Crippen LogP contribution in [0.3, 0.4) is 0 Å². The van der Waals surface area contributed by atoms with Gasteiger partial charge in [-0.3, -0.25) is 0 Å². The van der Waals surface area contributed by atoms with Crippen molar-refractivity contribution in [3.05, 3.63) is 68.0 Å². The summed E-state index contributed by atoms with van der Waals surface area (Å²) in [6, 6.07) is 2.10. The van der Waals surface area contributed by atoms with Gasteiger partial charge in [0.05, 0.1) is 0 Å². The molecule has 5 nitrogen and oxygen atoms in total. The first kappa shape index (κ1) is 32.8. The maximum Gasteiger partial charge on any atom is -0.112 e. The normalized spacial score (nSPS) is 15.8. The van der Waals surface area contributed by atoms with Crippen molar-refractivity contribution in [2.75, 3.05) is 0 Å². The van der Waals surface area contributed by atoms with Crippen molar-refractivity contribution in [2.45, 2.75) is 93.9 Å². The molecule has 0 bridgehead atoms. The van der Waals surface area contributed by atoms with Crippen LogP contribution in [0.4, 0.5) is 0 Å². The van der Waals surface area contributed by atoms with Gasteiger partial charge in [0.2, 0.25) is 0 Å². The van der Waals surface area contributed by atoms with E-state index < -0.39 is 10.2 Å². The molecule has 1 aliphatic rings. The summed E-state index contributed by atoms with van der Waals surface area (Å²) in [5.41, 5.74) is 4.21. The van der Waals surface area contributed by atoms with Crippen LogP contribution in [0.2, 0.25) is 0 Å². The van der Waals surface area contributed by atoms with E-state index >= 15 is 0 Å². The minimum atomic E-state index is -4.94. The molecule has 2 heterocycles. The number of hydrogen-bond donors (Lipinski definition) is 0. The molecule has 7 heteroatoms. The quantitative estimate of drug-likeness (QED) is 0.387. The Morgan fingerprint density at radius 1 is 0.722 bits per heavy atom. The van der Waals surface area contributed by atoms with Crippen LogP contribution >= 0.6 is 0 Å². The van der Waals surface area contributed by atoms with E-state index in [4.69, 9.17) is 23.1 Å². The molecule has 0 fully saturated rings. The fraction of sp³-hybridized carbons (Fsp3) is 0.552. The molecule has 1 aliphatic heterocycles. The van der Waals surface area contributed by atoms with Gasteiger partial charge in [0.15, 0.2) is 0 Å². The van der Waals surface area contributed by atoms with E-state index in [1.165, 1.54) is 16.7 Å². The van der Waals surface area contributed by atoms with Gasteiger partial charge in [-0.05, 0) is 0 Å². The van der Waals surface area contributed by atoms with Crippen molar-refractivity contribution < 1.29 is 33.3 Å². The van der Waals surface area contributed by atoms with Crippen molar-refractivity contribution in [2.24, 2.45) is 10.8 Å². The van der Waals surface area contributed by atoms with Gasteiger partial charge in [0.25, 0.3) is 0 Å². The number of halogens is 1. The number of rotatable bonds is 2. The maximum atomic E-state index is 8.49. The van der Waals surface area contributed by atoms with Crippen molar-refractivity contribution in [3.63, 3.8) is 0 Å².